The summed E-state index contributed by atoms with van der Waals surface area (Å²) in [6, 6.07) is 7.74. The van der Waals surface area contributed by atoms with Gasteiger partial charge in [-0.05, 0) is 24.5 Å². The molecule has 0 spiro atoms. The van der Waals surface area contributed by atoms with Crippen LogP contribution in [0.4, 0.5) is 0 Å². The Kier molecular flexibility index (Phi) is 20.3. The summed E-state index contributed by atoms with van der Waals surface area (Å²) in [4.78, 5) is 0. The number of phenols is 1. The molecule has 158 valence electrons. The second kappa shape index (κ2) is 20.5. The molecule has 1 aromatic rings. The Hall–Kier alpha value is -0.230. The maximum Gasteiger partial charge on any atom is 0.118 e. The zero-order valence-corrected chi connectivity index (χ0v) is 19.5. The molecule has 0 saturated carbocycles. The van der Waals surface area contributed by atoms with Gasteiger partial charge in [0, 0.05) is 0 Å². The molecule has 5 heteroatoms. The van der Waals surface area contributed by atoms with E-state index in [2.05, 4.69) is 29.3 Å². The molecule has 0 aliphatic rings. The molecule has 0 atom stereocenters. The van der Waals surface area contributed by atoms with Crippen LogP contribution < -0.4 is 0 Å². The van der Waals surface area contributed by atoms with Crippen LogP contribution in [0.3, 0.4) is 0 Å². The van der Waals surface area contributed by atoms with Crippen LogP contribution in [0.2, 0.25) is 0 Å². The molecule has 0 radical (unpaired) electrons. The Bertz CT molecular complexity index is 508. The summed E-state index contributed by atoms with van der Waals surface area (Å²) in [5.41, 5.74) is 1.10. The van der Waals surface area contributed by atoms with Gasteiger partial charge in [-0.2, -0.15) is 0 Å². The van der Waals surface area contributed by atoms with Gasteiger partial charge in [0.05, 0.1) is 0 Å². The maximum absolute atomic E-state index is 9.71. The summed E-state index contributed by atoms with van der Waals surface area (Å²) in [6.45, 7) is 2.28. The van der Waals surface area contributed by atoms with Crippen molar-refractivity contribution in [3.05, 3.63) is 29.8 Å². The quantitative estimate of drug-likeness (QED) is 0.224. The maximum atomic E-state index is 9.71. The predicted octanol–water partition coefficient (Wildman–Crippen LogP) is 7.42. The number of unbranched alkanes of at least 4 members (excludes halogenated alkanes) is 13. The molecular weight excluding hydrogens is 392 g/mol. The number of rotatable bonds is 15. The van der Waals surface area contributed by atoms with E-state index in [1.54, 1.807) is 6.07 Å². The zero-order chi connectivity index (χ0) is 20.2. The standard InChI is InChI=1S/C22H38O.HOS3/c1-2-3-4-5-6-7-8-9-10-11-12-13-14-15-18-21-19-16-17-20-22(21)23;1-4(2)3/h16-17,19-20,23H,2-15,18H2,1H3;(H,1,2,3)/q;-1. The van der Waals surface area contributed by atoms with Crippen LogP contribution in [0.15, 0.2) is 24.3 Å². The van der Waals surface area contributed by atoms with E-state index >= 15 is 0 Å². The third-order valence-electron chi connectivity index (χ3n) is 4.79. The minimum Gasteiger partial charge on any atom is -0.508 e. The van der Waals surface area contributed by atoms with Crippen molar-refractivity contribution in [2.75, 3.05) is 0 Å². The first-order valence-electron chi connectivity index (χ1n) is 10.6. The lowest BCUT2D eigenvalue weighted by Crippen LogP contribution is -1.87. The molecule has 2 N–H and O–H groups in total. The molecule has 2 nitrogen and oxygen atoms in total. The summed E-state index contributed by atoms with van der Waals surface area (Å²) in [7, 11) is -1.19. The molecule has 0 amide bonds. The summed E-state index contributed by atoms with van der Waals surface area (Å²) in [6.07, 6.45) is 20.5. The van der Waals surface area contributed by atoms with Crippen molar-refractivity contribution in [3.63, 3.8) is 0 Å². The third kappa shape index (κ3) is 20.3. The van der Waals surface area contributed by atoms with Gasteiger partial charge in [-0.15, -0.1) is 0 Å². The van der Waals surface area contributed by atoms with Crippen LogP contribution in [0, 0.1) is 0 Å². The van der Waals surface area contributed by atoms with E-state index in [1.165, 1.54) is 89.9 Å². The molecular formula is C22H39O2S3-. The predicted molar refractivity (Wildman–Crippen MR) is 127 cm³/mol. The summed E-state index contributed by atoms with van der Waals surface area (Å²) < 4.78 is 7.71. The van der Waals surface area contributed by atoms with Gasteiger partial charge in [-0.25, -0.2) is 30.7 Å². The highest BCUT2D eigenvalue weighted by Gasteiger charge is 1.99. The number of hydrogen-bond acceptors (Lipinski definition) is 4. The number of phenolic OH excluding ortho intramolecular Hbond substituents is 1. The van der Waals surface area contributed by atoms with E-state index in [0.29, 0.717) is 5.75 Å². The Labute approximate surface area is 178 Å². The van der Waals surface area contributed by atoms with Gasteiger partial charge in [-0.3, -0.25) is 0 Å². The van der Waals surface area contributed by atoms with E-state index in [0.717, 1.165) is 12.0 Å². The summed E-state index contributed by atoms with van der Waals surface area (Å²) in [5, 5.41) is 9.71. The molecule has 0 unspecified atom stereocenters. The molecule has 0 aromatic heterocycles. The van der Waals surface area contributed by atoms with E-state index in [9.17, 15) is 5.11 Å². The highest BCUT2D eigenvalue weighted by atomic mass is 33.1. The van der Waals surface area contributed by atoms with Gasteiger partial charge < -0.3 is 9.66 Å². The van der Waals surface area contributed by atoms with Crippen molar-refractivity contribution in [1.29, 1.82) is 0 Å². The average Bonchev–Trinajstić information content (AvgIpc) is 2.63. The molecule has 0 fully saturated rings. The van der Waals surface area contributed by atoms with Crippen molar-refractivity contribution in [1.82, 2.24) is 0 Å². The smallest absolute Gasteiger partial charge is 0.118 e. The fourth-order valence-electron chi connectivity index (χ4n) is 3.23. The summed E-state index contributed by atoms with van der Waals surface area (Å²) >= 11 is 8.04. The minimum atomic E-state index is -1.19. The lowest BCUT2D eigenvalue weighted by Gasteiger charge is -2.05. The Morgan fingerprint density at radius 3 is 1.48 bits per heavy atom. The summed E-state index contributed by atoms with van der Waals surface area (Å²) in [5.74, 6) is 0.460. The van der Waals surface area contributed by atoms with Gasteiger partial charge in [-0.1, -0.05) is 109 Å². The van der Waals surface area contributed by atoms with Crippen LogP contribution in [0.1, 0.15) is 102 Å². The first-order valence-corrected chi connectivity index (χ1v) is 13.7. The first-order chi connectivity index (χ1) is 13.1. The van der Waals surface area contributed by atoms with Crippen molar-refractivity contribution in [2.45, 2.75) is 103 Å². The zero-order valence-electron chi connectivity index (χ0n) is 17.0. The molecule has 0 aliphatic heterocycles. The van der Waals surface area contributed by atoms with Crippen LogP contribution in [-0.2, 0) is 37.1 Å². The number of benzene rings is 1. The van der Waals surface area contributed by atoms with Gasteiger partial charge in [0.1, 0.15) is 5.75 Å². The Morgan fingerprint density at radius 1 is 0.704 bits per heavy atom. The highest BCUT2D eigenvalue weighted by molar-refractivity contribution is 8.43. The SMILES string of the molecule is CCCCCCCCCCCCCCCCc1ccccc1O.O[S-](=S)=S. The van der Waals surface area contributed by atoms with Crippen molar-refractivity contribution < 1.29 is 9.66 Å². The molecule has 0 heterocycles. The number of aromatic hydroxyl groups is 1. The topological polar surface area (TPSA) is 40.5 Å². The number of hydrogen-bond donors (Lipinski definition) is 2. The molecule has 27 heavy (non-hydrogen) atoms. The number of aryl methyl sites for hydroxylation is 1. The Balaban J connectivity index is 0.00000153. The molecule has 0 bridgehead atoms. The van der Waals surface area contributed by atoms with Crippen LogP contribution >= 0.6 is 0 Å². The normalized spacial score (nSPS) is 10.6. The minimum absolute atomic E-state index is 0.460. The second-order valence-electron chi connectivity index (χ2n) is 7.19. The lowest BCUT2D eigenvalue weighted by molar-refractivity contribution is 0.465. The fraction of sp³-hybridized carbons (Fsp3) is 0.727. The monoisotopic (exact) mass is 431 g/mol. The molecule has 1 aromatic carbocycles. The van der Waals surface area contributed by atoms with Crippen LogP contribution in [0.5, 0.6) is 5.75 Å². The van der Waals surface area contributed by atoms with Crippen molar-refractivity contribution in [3.8, 4) is 5.75 Å². The number of para-hydroxylation sites is 1. The van der Waals surface area contributed by atoms with E-state index in [4.69, 9.17) is 4.55 Å². The average molecular weight is 432 g/mol. The highest BCUT2D eigenvalue weighted by Crippen LogP contribution is 2.19. The van der Waals surface area contributed by atoms with Crippen molar-refractivity contribution in [2.24, 2.45) is 0 Å². The Morgan fingerprint density at radius 2 is 1.07 bits per heavy atom. The van der Waals surface area contributed by atoms with Gasteiger partial charge in [0.2, 0.25) is 0 Å². The van der Waals surface area contributed by atoms with Crippen molar-refractivity contribution >= 4 is 30.7 Å². The van der Waals surface area contributed by atoms with E-state index in [-0.39, 0.29) is 0 Å². The van der Waals surface area contributed by atoms with Crippen LogP contribution in [-0.4, -0.2) is 9.66 Å². The van der Waals surface area contributed by atoms with Gasteiger partial charge in [0.25, 0.3) is 0 Å². The van der Waals surface area contributed by atoms with Gasteiger partial charge in [0.15, 0.2) is 0 Å². The molecule has 0 saturated heterocycles. The fourth-order valence-corrected chi connectivity index (χ4v) is 3.23. The van der Waals surface area contributed by atoms with E-state index in [1.807, 2.05) is 18.2 Å². The van der Waals surface area contributed by atoms with E-state index < -0.39 is 8.29 Å². The molecule has 1 rings (SSSR count). The lowest BCUT2D eigenvalue weighted by atomic mass is 10.0. The van der Waals surface area contributed by atoms with Crippen LogP contribution in [0.25, 0.3) is 0 Å². The van der Waals surface area contributed by atoms with Gasteiger partial charge >= 0.3 is 0 Å². The largest absolute Gasteiger partial charge is 0.508 e. The molecule has 0 aliphatic carbocycles. The second-order valence-corrected chi connectivity index (χ2v) is 10.2. The first kappa shape index (κ1) is 26.8. The third-order valence-corrected chi connectivity index (χ3v) is 4.79.